The second-order valence-corrected chi connectivity index (χ2v) is 11.0. The van der Waals surface area contributed by atoms with Crippen molar-refractivity contribution >= 4 is 52.9 Å². The summed E-state index contributed by atoms with van der Waals surface area (Å²) in [5.41, 5.74) is 4.60. The molecule has 232 valence electrons. The number of carbonyl (C=O) groups is 3. The maximum absolute atomic E-state index is 13.4. The molecule has 1 atom stereocenters. The SMILES string of the molecule is COC(=O)Nc1ccc2c(c1)CNC(=O)c1cccc(c1)C[C@H](NC(=O)C=Cc1cc(Cl)ccc1-n1cnnn1)c1nc-2c(Cl)[nH]1. The van der Waals surface area contributed by atoms with Gasteiger partial charge in [0.1, 0.15) is 23.0 Å². The molecule has 0 radical (unpaired) electrons. The van der Waals surface area contributed by atoms with Gasteiger partial charge >= 0.3 is 6.09 Å². The van der Waals surface area contributed by atoms with Crippen molar-refractivity contribution in [3.05, 3.63) is 111 Å². The lowest BCUT2D eigenvalue weighted by molar-refractivity contribution is -0.117. The second-order valence-electron chi connectivity index (χ2n) is 10.2. The maximum Gasteiger partial charge on any atom is 0.411 e. The molecule has 0 unspecified atom stereocenters. The van der Waals surface area contributed by atoms with Gasteiger partial charge in [0.25, 0.3) is 5.91 Å². The van der Waals surface area contributed by atoms with E-state index < -0.39 is 18.0 Å². The predicted octanol–water partition coefficient (Wildman–Crippen LogP) is 4.89. The van der Waals surface area contributed by atoms with Crippen LogP contribution >= 0.6 is 23.2 Å². The molecule has 15 heteroatoms. The molecule has 1 aliphatic rings. The number of fused-ring (bicyclic) bond motifs is 6. The summed E-state index contributed by atoms with van der Waals surface area (Å²) in [6, 6.07) is 16.7. The Morgan fingerprint density at radius 3 is 2.78 bits per heavy atom. The summed E-state index contributed by atoms with van der Waals surface area (Å²) in [7, 11) is 1.27. The summed E-state index contributed by atoms with van der Waals surface area (Å²) in [6.07, 6.45) is 4.08. The van der Waals surface area contributed by atoms with Gasteiger partial charge in [0, 0.05) is 40.0 Å². The van der Waals surface area contributed by atoms with Gasteiger partial charge in [-0.05, 0) is 76.5 Å². The van der Waals surface area contributed by atoms with E-state index in [4.69, 9.17) is 32.9 Å². The molecule has 5 aromatic rings. The van der Waals surface area contributed by atoms with Crippen molar-refractivity contribution in [1.82, 2.24) is 40.8 Å². The minimum absolute atomic E-state index is 0.120. The summed E-state index contributed by atoms with van der Waals surface area (Å²) in [5.74, 6) is -0.306. The van der Waals surface area contributed by atoms with Gasteiger partial charge in [-0.3, -0.25) is 14.9 Å². The average molecular weight is 659 g/mol. The van der Waals surface area contributed by atoms with Crippen LogP contribution < -0.4 is 16.0 Å². The van der Waals surface area contributed by atoms with Crippen LogP contribution in [0, 0.1) is 0 Å². The molecule has 0 aliphatic carbocycles. The molecule has 2 aromatic heterocycles. The number of anilines is 1. The van der Waals surface area contributed by atoms with Crippen LogP contribution in [0.3, 0.4) is 0 Å². The van der Waals surface area contributed by atoms with Gasteiger partial charge < -0.3 is 20.4 Å². The molecule has 4 N–H and O–H groups in total. The quantitative estimate of drug-likeness (QED) is 0.194. The second kappa shape index (κ2) is 13.2. The van der Waals surface area contributed by atoms with E-state index in [0.29, 0.717) is 56.6 Å². The highest BCUT2D eigenvalue weighted by atomic mass is 35.5. The van der Waals surface area contributed by atoms with Crippen LogP contribution in [0.15, 0.2) is 73.1 Å². The molecular formula is C31H25Cl2N9O4. The van der Waals surface area contributed by atoms with Crippen molar-refractivity contribution in [1.29, 1.82) is 0 Å². The first-order valence-corrected chi connectivity index (χ1v) is 14.7. The Bertz CT molecular complexity index is 1970. The predicted molar refractivity (Wildman–Crippen MR) is 170 cm³/mol. The number of tetrazole rings is 1. The molecule has 46 heavy (non-hydrogen) atoms. The number of H-pyrrole nitrogens is 1. The Kier molecular flexibility index (Phi) is 8.76. The molecule has 0 saturated heterocycles. The third-order valence-electron chi connectivity index (χ3n) is 7.18. The van der Waals surface area contributed by atoms with Crippen LogP contribution in [-0.2, 0) is 22.5 Å². The van der Waals surface area contributed by atoms with Crippen LogP contribution in [0.1, 0.15) is 38.9 Å². The number of aromatic amines is 1. The number of halogens is 2. The Morgan fingerprint density at radius 1 is 1.11 bits per heavy atom. The normalized spacial score (nSPS) is 14.3. The van der Waals surface area contributed by atoms with Crippen molar-refractivity contribution in [3.8, 4) is 16.9 Å². The molecule has 4 bridgehead atoms. The number of imidazole rings is 1. The number of methoxy groups -OCH3 is 1. The average Bonchev–Trinajstić information content (AvgIpc) is 3.72. The monoisotopic (exact) mass is 657 g/mol. The zero-order valence-electron chi connectivity index (χ0n) is 24.1. The molecule has 6 rings (SSSR count). The summed E-state index contributed by atoms with van der Waals surface area (Å²) in [5, 5.41) is 20.6. The zero-order chi connectivity index (χ0) is 32.2. The molecule has 1 aliphatic heterocycles. The molecule has 3 heterocycles. The minimum atomic E-state index is -0.662. The fourth-order valence-electron chi connectivity index (χ4n) is 5.02. The maximum atomic E-state index is 13.4. The Balaban J connectivity index is 1.36. The number of amides is 3. The van der Waals surface area contributed by atoms with Gasteiger partial charge in [0.05, 0.1) is 18.8 Å². The molecular weight excluding hydrogens is 633 g/mol. The first-order chi connectivity index (χ1) is 22.3. The number of rotatable bonds is 5. The lowest BCUT2D eigenvalue weighted by Crippen LogP contribution is -2.29. The van der Waals surface area contributed by atoms with Gasteiger partial charge in [0.2, 0.25) is 5.91 Å². The number of benzene rings is 3. The van der Waals surface area contributed by atoms with Crippen molar-refractivity contribution in [3.63, 3.8) is 0 Å². The smallest absolute Gasteiger partial charge is 0.411 e. The number of aromatic nitrogens is 6. The van der Waals surface area contributed by atoms with E-state index in [1.807, 2.05) is 6.07 Å². The molecule has 13 nitrogen and oxygen atoms in total. The Labute approximate surface area is 272 Å². The number of carbonyl (C=O) groups excluding carboxylic acids is 3. The minimum Gasteiger partial charge on any atom is -0.453 e. The summed E-state index contributed by atoms with van der Waals surface area (Å²) in [4.78, 5) is 46.3. The van der Waals surface area contributed by atoms with Crippen molar-refractivity contribution in [2.24, 2.45) is 0 Å². The Hall–Kier alpha value is -5.53. The van der Waals surface area contributed by atoms with Crippen molar-refractivity contribution in [2.75, 3.05) is 12.4 Å². The van der Waals surface area contributed by atoms with E-state index in [2.05, 4.69) is 36.5 Å². The van der Waals surface area contributed by atoms with E-state index in [9.17, 15) is 14.4 Å². The van der Waals surface area contributed by atoms with Crippen LogP contribution in [0.2, 0.25) is 10.2 Å². The van der Waals surface area contributed by atoms with E-state index in [0.717, 1.165) is 5.56 Å². The lowest BCUT2D eigenvalue weighted by Gasteiger charge is -2.16. The molecule has 0 saturated carbocycles. The highest BCUT2D eigenvalue weighted by Gasteiger charge is 2.24. The van der Waals surface area contributed by atoms with Gasteiger partial charge in [-0.25, -0.2) is 9.78 Å². The van der Waals surface area contributed by atoms with Crippen LogP contribution in [-0.4, -0.2) is 55.2 Å². The van der Waals surface area contributed by atoms with Gasteiger partial charge in [-0.1, -0.05) is 41.4 Å². The number of nitrogens with one attached hydrogen (secondary N) is 4. The van der Waals surface area contributed by atoms with E-state index >= 15 is 0 Å². The first kappa shape index (κ1) is 30.5. The molecule has 3 amide bonds. The third kappa shape index (κ3) is 6.75. The number of hydrogen-bond donors (Lipinski definition) is 4. The summed E-state index contributed by atoms with van der Waals surface area (Å²) in [6.45, 7) is 0.120. The summed E-state index contributed by atoms with van der Waals surface area (Å²) >= 11 is 12.9. The van der Waals surface area contributed by atoms with Gasteiger partial charge in [-0.15, -0.1) is 5.10 Å². The summed E-state index contributed by atoms with van der Waals surface area (Å²) < 4.78 is 6.17. The number of nitrogens with zero attached hydrogens (tertiary/aromatic N) is 5. The highest BCUT2D eigenvalue weighted by molar-refractivity contribution is 6.32. The standard InChI is InChI=1S/C31H25Cl2N9O4/c1-46-31(45)36-22-7-8-23-20(14-22)15-34-30(44)19-4-2-3-17(11-19)12-24(29-38-27(23)28(33)39-29)37-26(43)10-5-18-13-21(32)6-9-25(18)42-16-35-40-41-42/h2-11,13-14,16,24H,12,15H2,1H3,(H,34,44)(H,36,45)(H,37,43)(H,38,39)/t24-/m0/s1. The first-order valence-electron chi connectivity index (χ1n) is 13.9. The van der Waals surface area contributed by atoms with E-state index in [1.54, 1.807) is 60.7 Å². The van der Waals surface area contributed by atoms with E-state index in [-0.39, 0.29) is 17.6 Å². The van der Waals surface area contributed by atoms with Crippen molar-refractivity contribution in [2.45, 2.75) is 19.0 Å². The van der Waals surface area contributed by atoms with Crippen LogP contribution in [0.25, 0.3) is 23.0 Å². The third-order valence-corrected chi connectivity index (χ3v) is 7.69. The van der Waals surface area contributed by atoms with Gasteiger partial charge in [-0.2, -0.15) is 4.68 Å². The van der Waals surface area contributed by atoms with E-state index in [1.165, 1.54) is 24.2 Å². The molecule has 0 fully saturated rings. The fourth-order valence-corrected chi connectivity index (χ4v) is 5.45. The number of ether oxygens (including phenoxy) is 1. The van der Waals surface area contributed by atoms with Crippen molar-refractivity contribution < 1.29 is 19.1 Å². The van der Waals surface area contributed by atoms with Gasteiger partial charge in [0.15, 0.2) is 0 Å². The topological polar surface area (TPSA) is 169 Å². The lowest BCUT2D eigenvalue weighted by atomic mass is 10.0. The van der Waals surface area contributed by atoms with Crippen LogP contribution in [0.4, 0.5) is 10.5 Å². The largest absolute Gasteiger partial charge is 0.453 e. The fraction of sp³-hybridized carbons (Fsp3) is 0.129. The molecule has 0 spiro atoms. The highest BCUT2D eigenvalue weighted by Crippen LogP contribution is 2.33. The molecule has 3 aromatic carbocycles. The zero-order valence-corrected chi connectivity index (χ0v) is 25.6. The Morgan fingerprint density at radius 2 is 1.98 bits per heavy atom. The number of hydrogen-bond acceptors (Lipinski definition) is 8. The van der Waals surface area contributed by atoms with Crippen LogP contribution in [0.5, 0.6) is 0 Å².